The molecule has 0 aromatic carbocycles. The summed E-state index contributed by atoms with van der Waals surface area (Å²) in [5.41, 5.74) is 0. The molecule has 1 unspecified atom stereocenters. The standard InChI is InChI=1S/C9H17NO5S/c1-3-4-5-16(14,15)6-8(9(12)13)10-7(2)11/h8H,3-6H2,1-2H3,(H,10,11)(H,12,13). The third-order valence-corrected chi connectivity index (χ3v) is 3.66. The Labute approximate surface area is 95.0 Å². The Hall–Kier alpha value is -1.11. The molecule has 0 heterocycles. The number of nitrogens with one attached hydrogen (secondary N) is 1. The van der Waals surface area contributed by atoms with Crippen LogP contribution in [-0.4, -0.2) is 42.9 Å². The van der Waals surface area contributed by atoms with Crippen LogP contribution in [0.3, 0.4) is 0 Å². The highest BCUT2D eigenvalue weighted by atomic mass is 32.2. The highest BCUT2D eigenvalue weighted by Gasteiger charge is 2.25. The maximum atomic E-state index is 11.5. The topological polar surface area (TPSA) is 101 Å². The quantitative estimate of drug-likeness (QED) is 0.652. The number of carboxylic acid groups (broad SMARTS) is 1. The maximum Gasteiger partial charge on any atom is 0.327 e. The van der Waals surface area contributed by atoms with E-state index in [-0.39, 0.29) is 5.75 Å². The van der Waals surface area contributed by atoms with Gasteiger partial charge in [0.15, 0.2) is 9.84 Å². The van der Waals surface area contributed by atoms with E-state index in [4.69, 9.17) is 5.11 Å². The van der Waals surface area contributed by atoms with Gasteiger partial charge < -0.3 is 10.4 Å². The second-order valence-electron chi connectivity index (χ2n) is 3.56. The number of carbonyl (C=O) groups excluding carboxylic acids is 1. The summed E-state index contributed by atoms with van der Waals surface area (Å²) in [7, 11) is -3.43. The average molecular weight is 251 g/mol. The first-order valence-electron chi connectivity index (χ1n) is 4.99. The fraction of sp³-hybridized carbons (Fsp3) is 0.778. The Morgan fingerprint density at radius 1 is 1.38 bits per heavy atom. The number of aliphatic carboxylic acids is 1. The molecule has 94 valence electrons. The van der Waals surface area contributed by atoms with Crippen molar-refractivity contribution in [2.75, 3.05) is 11.5 Å². The molecule has 0 aliphatic carbocycles. The van der Waals surface area contributed by atoms with Crippen molar-refractivity contribution in [2.24, 2.45) is 0 Å². The fourth-order valence-corrected chi connectivity index (χ4v) is 2.75. The van der Waals surface area contributed by atoms with E-state index in [2.05, 4.69) is 5.32 Å². The summed E-state index contributed by atoms with van der Waals surface area (Å²) in [6, 6.07) is -1.36. The zero-order chi connectivity index (χ0) is 12.8. The van der Waals surface area contributed by atoms with Gasteiger partial charge in [0.05, 0.1) is 11.5 Å². The summed E-state index contributed by atoms with van der Waals surface area (Å²) in [5, 5.41) is 10.8. The molecule has 0 aromatic heterocycles. The summed E-state index contributed by atoms with van der Waals surface area (Å²) in [6.07, 6.45) is 1.21. The zero-order valence-electron chi connectivity index (χ0n) is 9.39. The predicted molar refractivity (Wildman–Crippen MR) is 58.8 cm³/mol. The summed E-state index contributed by atoms with van der Waals surface area (Å²) in [6.45, 7) is 2.99. The van der Waals surface area contributed by atoms with E-state index in [1.807, 2.05) is 6.92 Å². The first-order valence-corrected chi connectivity index (χ1v) is 6.81. The van der Waals surface area contributed by atoms with Crippen molar-refractivity contribution in [1.29, 1.82) is 0 Å². The van der Waals surface area contributed by atoms with Crippen molar-refractivity contribution in [2.45, 2.75) is 32.7 Å². The fourth-order valence-electron chi connectivity index (χ4n) is 1.12. The van der Waals surface area contributed by atoms with Crippen molar-refractivity contribution in [1.82, 2.24) is 5.32 Å². The molecule has 16 heavy (non-hydrogen) atoms. The highest BCUT2D eigenvalue weighted by Crippen LogP contribution is 2.00. The van der Waals surface area contributed by atoms with E-state index in [0.717, 1.165) is 13.3 Å². The van der Waals surface area contributed by atoms with Crippen molar-refractivity contribution in [3.8, 4) is 0 Å². The molecule has 1 atom stereocenters. The molecule has 0 saturated carbocycles. The van der Waals surface area contributed by atoms with Crippen LogP contribution in [0.25, 0.3) is 0 Å². The summed E-state index contributed by atoms with van der Waals surface area (Å²) in [5.74, 6) is -2.50. The molecule has 0 aromatic rings. The molecule has 1 amide bonds. The van der Waals surface area contributed by atoms with E-state index in [1.54, 1.807) is 0 Å². The van der Waals surface area contributed by atoms with Crippen LogP contribution < -0.4 is 5.32 Å². The Kier molecular flexibility index (Phi) is 6.02. The summed E-state index contributed by atoms with van der Waals surface area (Å²) >= 11 is 0. The van der Waals surface area contributed by atoms with Gasteiger partial charge in [-0.1, -0.05) is 13.3 Å². The molecule has 0 fully saturated rings. The molecule has 7 heteroatoms. The van der Waals surface area contributed by atoms with Crippen LogP contribution >= 0.6 is 0 Å². The molecule has 6 nitrogen and oxygen atoms in total. The third-order valence-electron chi connectivity index (χ3n) is 1.91. The lowest BCUT2D eigenvalue weighted by Gasteiger charge is -2.13. The molecule has 0 saturated heterocycles. The van der Waals surface area contributed by atoms with Crippen molar-refractivity contribution in [3.63, 3.8) is 0 Å². The zero-order valence-corrected chi connectivity index (χ0v) is 10.2. The minimum absolute atomic E-state index is 0.0487. The third kappa shape index (κ3) is 6.39. The summed E-state index contributed by atoms with van der Waals surface area (Å²) in [4.78, 5) is 21.4. The number of hydrogen-bond acceptors (Lipinski definition) is 4. The van der Waals surface area contributed by atoms with Crippen LogP contribution in [0.5, 0.6) is 0 Å². The Morgan fingerprint density at radius 2 is 1.94 bits per heavy atom. The second-order valence-corrected chi connectivity index (χ2v) is 5.79. The molecule has 0 radical (unpaired) electrons. The van der Waals surface area contributed by atoms with Crippen molar-refractivity contribution < 1.29 is 23.1 Å². The maximum absolute atomic E-state index is 11.5. The van der Waals surface area contributed by atoms with Crippen molar-refractivity contribution in [3.05, 3.63) is 0 Å². The minimum Gasteiger partial charge on any atom is -0.480 e. The monoisotopic (exact) mass is 251 g/mol. The lowest BCUT2D eigenvalue weighted by atomic mass is 10.3. The Morgan fingerprint density at radius 3 is 2.31 bits per heavy atom. The molecule has 0 rings (SSSR count). The van der Waals surface area contributed by atoms with Gasteiger partial charge in [-0.25, -0.2) is 13.2 Å². The van der Waals surface area contributed by atoms with Gasteiger partial charge in [-0.05, 0) is 6.42 Å². The Balaban J connectivity index is 4.50. The first kappa shape index (κ1) is 14.9. The van der Waals surface area contributed by atoms with Crippen LogP contribution in [-0.2, 0) is 19.4 Å². The van der Waals surface area contributed by atoms with Gasteiger partial charge in [-0.2, -0.15) is 0 Å². The number of rotatable bonds is 7. The largest absolute Gasteiger partial charge is 0.480 e. The Bertz CT molecular complexity index is 349. The number of carbonyl (C=O) groups is 2. The molecular weight excluding hydrogens is 234 g/mol. The van der Waals surface area contributed by atoms with Crippen LogP contribution in [0.15, 0.2) is 0 Å². The number of carboxylic acids is 1. The smallest absolute Gasteiger partial charge is 0.327 e. The SMILES string of the molecule is CCCCS(=O)(=O)CC(NC(C)=O)C(=O)O. The number of hydrogen-bond donors (Lipinski definition) is 2. The van der Waals surface area contributed by atoms with E-state index >= 15 is 0 Å². The first-order chi connectivity index (χ1) is 7.28. The van der Waals surface area contributed by atoms with E-state index in [0.29, 0.717) is 6.42 Å². The minimum atomic E-state index is -3.43. The lowest BCUT2D eigenvalue weighted by Crippen LogP contribution is -2.44. The van der Waals surface area contributed by atoms with Crippen LogP contribution in [0, 0.1) is 0 Å². The lowest BCUT2D eigenvalue weighted by molar-refractivity contribution is -0.140. The van der Waals surface area contributed by atoms with Gasteiger partial charge in [0.1, 0.15) is 6.04 Å². The van der Waals surface area contributed by atoms with Gasteiger partial charge >= 0.3 is 5.97 Å². The van der Waals surface area contributed by atoms with Gasteiger partial charge in [-0.3, -0.25) is 4.79 Å². The van der Waals surface area contributed by atoms with Crippen LogP contribution in [0.1, 0.15) is 26.7 Å². The predicted octanol–water partition coefficient (Wildman–Crippen LogP) is -0.209. The van der Waals surface area contributed by atoms with E-state index in [1.165, 1.54) is 0 Å². The number of unbranched alkanes of at least 4 members (excludes halogenated alkanes) is 1. The van der Waals surface area contributed by atoms with Crippen LogP contribution in [0.2, 0.25) is 0 Å². The molecular formula is C9H17NO5S. The number of sulfone groups is 1. The molecule has 0 aliphatic heterocycles. The normalized spacial score (nSPS) is 13.1. The van der Waals surface area contributed by atoms with Crippen molar-refractivity contribution >= 4 is 21.7 Å². The molecule has 2 N–H and O–H groups in total. The average Bonchev–Trinajstić information content (AvgIpc) is 2.12. The van der Waals surface area contributed by atoms with E-state index in [9.17, 15) is 18.0 Å². The van der Waals surface area contributed by atoms with Gasteiger partial charge in [0.25, 0.3) is 0 Å². The highest BCUT2D eigenvalue weighted by molar-refractivity contribution is 7.91. The molecule has 0 aliphatic rings. The van der Waals surface area contributed by atoms with Gasteiger partial charge in [0, 0.05) is 6.92 Å². The van der Waals surface area contributed by atoms with Gasteiger partial charge in [-0.15, -0.1) is 0 Å². The summed E-state index contributed by atoms with van der Waals surface area (Å²) < 4.78 is 22.9. The number of amides is 1. The molecule has 0 bridgehead atoms. The second kappa shape index (κ2) is 6.47. The van der Waals surface area contributed by atoms with Gasteiger partial charge in [0.2, 0.25) is 5.91 Å². The van der Waals surface area contributed by atoms with E-state index < -0.39 is 33.5 Å². The molecule has 0 spiro atoms. The van der Waals surface area contributed by atoms with Crippen LogP contribution in [0.4, 0.5) is 0 Å².